The van der Waals surface area contributed by atoms with Crippen molar-refractivity contribution in [3.05, 3.63) is 24.0 Å². The molecule has 0 unspecified atom stereocenters. The van der Waals surface area contributed by atoms with Gasteiger partial charge in [0.1, 0.15) is 5.75 Å². The van der Waals surface area contributed by atoms with Gasteiger partial charge < -0.3 is 15.3 Å². The minimum atomic E-state index is -0.432. The first-order valence-electron chi connectivity index (χ1n) is 5.78. The Morgan fingerprint density at radius 3 is 2.56 bits per heavy atom. The number of nitrogens with one attached hydrogen (secondary N) is 1. The minimum absolute atomic E-state index is 0.0594. The van der Waals surface area contributed by atoms with Gasteiger partial charge in [0, 0.05) is 19.3 Å². The number of aromatic nitrogens is 1. The number of hydrogen-bond donors (Lipinski definition) is 2. The Labute approximate surface area is 106 Å². The van der Waals surface area contributed by atoms with Gasteiger partial charge in [-0.1, -0.05) is 0 Å². The van der Waals surface area contributed by atoms with Gasteiger partial charge in [0.05, 0.1) is 18.3 Å². The van der Waals surface area contributed by atoms with Crippen molar-refractivity contribution in [2.75, 3.05) is 19.6 Å². The highest BCUT2D eigenvalue weighted by Gasteiger charge is 2.12. The SMILES string of the molecule is CCN(CC)C(=O)CNC(=O)c1cncc(O)c1. The Bertz CT molecular complexity index is 430. The van der Waals surface area contributed by atoms with Gasteiger partial charge in [-0.15, -0.1) is 0 Å². The Hall–Kier alpha value is -2.11. The van der Waals surface area contributed by atoms with Crippen LogP contribution in [0.4, 0.5) is 0 Å². The van der Waals surface area contributed by atoms with Crippen molar-refractivity contribution in [3.63, 3.8) is 0 Å². The molecule has 1 rings (SSSR count). The molecule has 2 amide bonds. The molecule has 6 nitrogen and oxygen atoms in total. The summed E-state index contributed by atoms with van der Waals surface area (Å²) in [5.74, 6) is -0.655. The van der Waals surface area contributed by atoms with E-state index in [1.54, 1.807) is 4.90 Å². The van der Waals surface area contributed by atoms with Gasteiger partial charge in [0.2, 0.25) is 5.91 Å². The van der Waals surface area contributed by atoms with Gasteiger partial charge in [-0.2, -0.15) is 0 Å². The van der Waals surface area contributed by atoms with E-state index >= 15 is 0 Å². The lowest BCUT2D eigenvalue weighted by atomic mass is 10.2. The molecule has 0 bridgehead atoms. The summed E-state index contributed by atoms with van der Waals surface area (Å²) in [4.78, 5) is 28.6. The van der Waals surface area contributed by atoms with Crippen LogP contribution in [-0.4, -0.2) is 46.4 Å². The largest absolute Gasteiger partial charge is 0.506 e. The molecule has 0 spiro atoms. The maximum atomic E-state index is 11.7. The third kappa shape index (κ3) is 3.73. The first-order chi connectivity index (χ1) is 8.58. The number of rotatable bonds is 5. The van der Waals surface area contributed by atoms with E-state index in [0.29, 0.717) is 13.1 Å². The number of carbonyl (C=O) groups is 2. The molecule has 0 aliphatic carbocycles. The van der Waals surface area contributed by atoms with E-state index in [-0.39, 0.29) is 23.8 Å². The topological polar surface area (TPSA) is 82.5 Å². The van der Waals surface area contributed by atoms with Crippen LogP contribution < -0.4 is 5.32 Å². The van der Waals surface area contributed by atoms with Crippen LogP contribution in [0.5, 0.6) is 5.75 Å². The van der Waals surface area contributed by atoms with Crippen LogP contribution in [-0.2, 0) is 4.79 Å². The molecule has 1 aromatic rings. The number of pyridine rings is 1. The zero-order valence-electron chi connectivity index (χ0n) is 10.5. The predicted molar refractivity (Wildman–Crippen MR) is 66.2 cm³/mol. The first-order valence-corrected chi connectivity index (χ1v) is 5.78. The first kappa shape index (κ1) is 14.0. The van der Waals surface area contributed by atoms with Crippen molar-refractivity contribution >= 4 is 11.8 Å². The molecule has 0 fully saturated rings. The molecule has 0 saturated heterocycles. The van der Waals surface area contributed by atoms with E-state index in [1.165, 1.54) is 18.5 Å². The van der Waals surface area contributed by atoms with Crippen LogP contribution in [0.15, 0.2) is 18.5 Å². The standard InChI is InChI=1S/C12H17N3O3/c1-3-15(4-2)11(17)8-14-12(18)9-5-10(16)7-13-6-9/h5-7,16H,3-4,8H2,1-2H3,(H,14,18). The minimum Gasteiger partial charge on any atom is -0.506 e. The lowest BCUT2D eigenvalue weighted by Crippen LogP contribution is -2.40. The van der Waals surface area contributed by atoms with E-state index in [4.69, 9.17) is 0 Å². The van der Waals surface area contributed by atoms with E-state index in [9.17, 15) is 14.7 Å². The van der Waals surface area contributed by atoms with Gasteiger partial charge in [-0.25, -0.2) is 0 Å². The normalized spacial score (nSPS) is 9.89. The van der Waals surface area contributed by atoms with Crippen molar-refractivity contribution in [1.29, 1.82) is 0 Å². The molecule has 0 atom stereocenters. The summed E-state index contributed by atoms with van der Waals surface area (Å²) < 4.78 is 0. The summed E-state index contributed by atoms with van der Waals surface area (Å²) in [7, 11) is 0. The smallest absolute Gasteiger partial charge is 0.253 e. The quantitative estimate of drug-likeness (QED) is 0.792. The second-order valence-electron chi connectivity index (χ2n) is 3.68. The maximum absolute atomic E-state index is 11.7. The van der Waals surface area contributed by atoms with Crippen molar-refractivity contribution in [3.8, 4) is 5.75 Å². The monoisotopic (exact) mass is 251 g/mol. The Morgan fingerprint density at radius 1 is 1.33 bits per heavy atom. The predicted octanol–water partition coefficient (Wildman–Crippen LogP) is 0.385. The number of carbonyl (C=O) groups excluding carboxylic acids is 2. The fraction of sp³-hybridized carbons (Fsp3) is 0.417. The molecule has 0 aliphatic rings. The van der Waals surface area contributed by atoms with Crippen LogP contribution in [0.2, 0.25) is 0 Å². The molecule has 2 N–H and O–H groups in total. The zero-order chi connectivity index (χ0) is 13.5. The second-order valence-corrected chi connectivity index (χ2v) is 3.68. The highest BCUT2D eigenvalue weighted by molar-refractivity contribution is 5.96. The van der Waals surface area contributed by atoms with Crippen molar-refractivity contribution < 1.29 is 14.7 Å². The van der Waals surface area contributed by atoms with E-state index in [2.05, 4.69) is 10.3 Å². The molecular weight excluding hydrogens is 234 g/mol. The molecule has 0 aliphatic heterocycles. The summed E-state index contributed by atoms with van der Waals surface area (Å²) in [5.41, 5.74) is 0.224. The summed E-state index contributed by atoms with van der Waals surface area (Å²) in [6.07, 6.45) is 2.56. The average molecular weight is 251 g/mol. The lowest BCUT2D eigenvalue weighted by Gasteiger charge is -2.18. The number of likely N-dealkylation sites (N-methyl/N-ethyl adjacent to an activating group) is 1. The van der Waals surface area contributed by atoms with E-state index in [1.807, 2.05) is 13.8 Å². The Morgan fingerprint density at radius 2 is 2.00 bits per heavy atom. The fourth-order valence-electron chi connectivity index (χ4n) is 1.50. The molecule has 0 aromatic carbocycles. The number of aromatic hydroxyl groups is 1. The van der Waals surface area contributed by atoms with E-state index in [0.717, 1.165) is 0 Å². The molecule has 18 heavy (non-hydrogen) atoms. The van der Waals surface area contributed by atoms with Gasteiger partial charge in [0.15, 0.2) is 0 Å². The van der Waals surface area contributed by atoms with Crippen molar-refractivity contribution in [1.82, 2.24) is 15.2 Å². The number of nitrogens with zero attached hydrogens (tertiary/aromatic N) is 2. The summed E-state index contributed by atoms with van der Waals surface area (Å²) in [6, 6.07) is 1.30. The molecule has 1 heterocycles. The average Bonchev–Trinajstić information content (AvgIpc) is 2.37. The number of amides is 2. The van der Waals surface area contributed by atoms with Crippen molar-refractivity contribution in [2.45, 2.75) is 13.8 Å². The lowest BCUT2D eigenvalue weighted by molar-refractivity contribution is -0.129. The van der Waals surface area contributed by atoms with Gasteiger partial charge in [-0.05, 0) is 19.9 Å². The third-order valence-corrected chi connectivity index (χ3v) is 2.50. The number of hydrogen-bond acceptors (Lipinski definition) is 4. The maximum Gasteiger partial charge on any atom is 0.253 e. The van der Waals surface area contributed by atoms with Crippen LogP contribution >= 0.6 is 0 Å². The van der Waals surface area contributed by atoms with Gasteiger partial charge in [0.25, 0.3) is 5.91 Å². The highest BCUT2D eigenvalue weighted by Crippen LogP contribution is 2.07. The van der Waals surface area contributed by atoms with Gasteiger partial charge in [-0.3, -0.25) is 14.6 Å². The van der Waals surface area contributed by atoms with Crippen LogP contribution in [0.1, 0.15) is 24.2 Å². The summed E-state index contributed by atoms with van der Waals surface area (Å²) >= 11 is 0. The van der Waals surface area contributed by atoms with Crippen molar-refractivity contribution in [2.24, 2.45) is 0 Å². The summed E-state index contributed by atoms with van der Waals surface area (Å²) in [5, 5.41) is 11.7. The molecule has 0 radical (unpaired) electrons. The van der Waals surface area contributed by atoms with Gasteiger partial charge >= 0.3 is 0 Å². The van der Waals surface area contributed by atoms with Crippen LogP contribution in [0.3, 0.4) is 0 Å². The Kier molecular flexibility index (Phi) is 5.10. The fourth-order valence-corrected chi connectivity index (χ4v) is 1.50. The molecule has 98 valence electrons. The molecule has 6 heteroatoms. The van der Waals surface area contributed by atoms with E-state index < -0.39 is 5.91 Å². The molecule has 0 saturated carbocycles. The molecule has 1 aromatic heterocycles. The molecular formula is C12H17N3O3. The third-order valence-electron chi connectivity index (χ3n) is 2.50. The zero-order valence-corrected chi connectivity index (χ0v) is 10.5. The van der Waals surface area contributed by atoms with Crippen LogP contribution in [0.25, 0.3) is 0 Å². The Balaban J connectivity index is 2.54. The second kappa shape index (κ2) is 6.58. The highest BCUT2D eigenvalue weighted by atomic mass is 16.3. The summed E-state index contributed by atoms with van der Waals surface area (Å²) in [6.45, 7) is 4.92. The van der Waals surface area contributed by atoms with Crippen LogP contribution in [0, 0.1) is 0 Å².